The standard InChI is InChI=1S/C21H23NO2/c1-3-11-6-5-7-12(4-2)19(11)22-20(23)17-13-8-9-14(16-10-15(13)16)18(17)21(22)24/h5-9,13-18H,3-4,10H2,1-2H3/t13-,14+,15-,16-,17-,18+/m0/s1. The Hall–Kier alpha value is -1.90. The molecule has 0 spiro atoms. The van der Waals surface area contributed by atoms with Gasteiger partial charge in [0.25, 0.3) is 0 Å². The first-order valence-electron chi connectivity index (χ1n) is 9.34. The molecule has 1 saturated heterocycles. The van der Waals surface area contributed by atoms with Crippen LogP contribution in [0.1, 0.15) is 31.4 Å². The van der Waals surface area contributed by atoms with Crippen LogP contribution in [0.3, 0.4) is 0 Å². The fraction of sp³-hybridized carbons (Fsp3) is 0.524. The van der Waals surface area contributed by atoms with Crippen molar-refractivity contribution in [1.29, 1.82) is 0 Å². The van der Waals surface area contributed by atoms with Crippen LogP contribution in [0.15, 0.2) is 30.4 Å². The molecule has 24 heavy (non-hydrogen) atoms. The zero-order valence-electron chi connectivity index (χ0n) is 14.2. The Morgan fingerprint density at radius 3 is 1.88 bits per heavy atom. The number of carbonyl (C=O) groups is 2. The molecule has 2 bridgehead atoms. The second kappa shape index (κ2) is 4.81. The number of imide groups is 1. The summed E-state index contributed by atoms with van der Waals surface area (Å²) in [4.78, 5) is 28.2. The fourth-order valence-corrected chi connectivity index (χ4v) is 5.68. The molecule has 1 aromatic carbocycles. The minimum atomic E-state index is -0.106. The predicted molar refractivity (Wildman–Crippen MR) is 92.4 cm³/mol. The summed E-state index contributed by atoms with van der Waals surface area (Å²) >= 11 is 0. The zero-order chi connectivity index (χ0) is 16.6. The van der Waals surface area contributed by atoms with E-state index in [4.69, 9.17) is 0 Å². The monoisotopic (exact) mass is 321 g/mol. The Morgan fingerprint density at radius 2 is 1.42 bits per heavy atom. The molecule has 2 saturated carbocycles. The molecule has 3 heteroatoms. The number of anilines is 1. The third kappa shape index (κ3) is 1.63. The number of nitrogens with zero attached hydrogens (tertiary/aromatic N) is 1. The summed E-state index contributed by atoms with van der Waals surface area (Å²) in [6.07, 6.45) is 7.36. The maximum Gasteiger partial charge on any atom is 0.238 e. The zero-order valence-corrected chi connectivity index (χ0v) is 14.2. The van der Waals surface area contributed by atoms with Crippen LogP contribution in [-0.4, -0.2) is 11.8 Å². The summed E-state index contributed by atoms with van der Waals surface area (Å²) in [5.74, 6) is 1.82. The predicted octanol–water partition coefficient (Wildman–Crippen LogP) is 3.37. The normalized spacial score (nSPS) is 38.5. The van der Waals surface area contributed by atoms with E-state index in [1.54, 1.807) is 4.90 Å². The quantitative estimate of drug-likeness (QED) is 0.632. The molecule has 4 aliphatic carbocycles. The molecule has 1 heterocycles. The number of rotatable bonds is 3. The Labute approximate surface area is 142 Å². The van der Waals surface area contributed by atoms with Gasteiger partial charge in [-0.3, -0.25) is 9.59 Å². The minimum Gasteiger partial charge on any atom is -0.274 e. The van der Waals surface area contributed by atoms with Crippen molar-refractivity contribution in [2.75, 3.05) is 4.90 Å². The van der Waals surface area contributed by atoms with Crippen molar-refractivity contribution >= 4 is 17.5 Å². The topological polar surface area (TPSA) is 37.4 Å². The highest BCUT2D eigenvalue weighted by Gasteiger charge is 2.67. The van der Waals surface area contributed by atoms with Gasteiger partial charge in [-0.15, -0.1) is 0 Å². The van der Waals surface area contributed by atoms with Crippen molar-refractivity contribution < 1.29 is 9.59 Å². The van der Waals surface area contributed by atoms with Gasteiger partial charge in [0.15, 0.2) is 0 Å². The molecule has 0 unspecified atom stereocenters. The summed E-state index contributed by atoms with van der Waals surface area (Å²) in [5, 5.41) is 0. The van der Waals surface area contributed by atoms with Gasteiger partial charge in [0.05, 0.1) is 17.5 Å². The maximum atomic E-state index is 13.3. The molecule has 124 valence electrons. The first kappa shape index (κ1) is 14.4. The maximum absolute atomic E-state index is 13.3. The van der Waals surface area contributed by atoms with Gasteiger partial charge in [-0.05, 0) is 54.1 Å². The molecular weight excluding hydrogens is 298 g/mol. The molecule has 1 aromatic rings. The molecule has 0 radical (unpaired) electrons. The number of aryl methyl sites for hydroxylation is 2. The van der Waals surface area contributed by atoms with Gasteiger partial charge in [-0.2, -0.15) is 0 Å². The lowest BCUT2D eigenvalue weighted by Crippen LogP contribution is -2.40. The highest BCUT2D eigenvalue weighted by molar-refractivity contribution is 6.23. The summed E-state index contributed by atoms with van der Waals surface area (Å²) in [6, 6.07) is 6.16. The number of allylic oxidation sites excluding steroid dienone is 2. The highest BCUT2D eigenvalue weighted by Crippen LogP contribution is 2.65. The van der Waals surface area contributed by atoms with Crippen LogP contribution in [0, 0.1) is 35.5 Å². The van der Waals surface area contributed by atoms with Crippen LogP contribution >= 0.6 is 0 Å². The van der Waals surface area contributed by atoms with Crippen LogP contribution in [0.25, 0.3) is 0 Å². The molecular formula is C21H23NO2. The number of benzene rings is 1. The van der Waals surface area contributed by atoms with E-state index in [-0.39, 0.29) is 23.7 Å². The van der Waals surface area contributed by atoms with E-state index in [1.165, 1.54) is 6.42 Å². The molecule has 1 aliphatic heterocycles. The number of hydrogen-bond acceptors (Lipinski definition) is 2. The number of para-hydroxylation sites is 1. The third-order valence-corrected chi connectivity index (χ3v) is 6.85. The molecule has 0 N–H and O–H groups in total. The average Bonchev–Trinajstić information content (AvgIpc) is 3.39. The minimum absolute atomic E-state index is 0.0605. The Morgan fingerprint density at radius 1 is 0.917 bits per heavy atom. The van der Waals surface area contributed by atoms with Crippen LogP contribution in [0.2, 0.25) is 0 Å². The van der Waals surface area contributed by atoms with E-state index < -0.39 is 0 Å². The second-order valence-electron chi connectivity index (χ2n) is 7.80. The van der Waals surface area contributed by atoms with E-state index >= 15 is 0 Å². The third-order valence-electron chi connectivity index (χ3n) is 6.85. The van der Waals surface area contributed by atoms with E-state index in [1.807, 2.05) is 6.07 Å². The van der Waals surface area contributed by atoms with E-state index in [0.717, 1.165) is 29.7 Å². The smallest absolute Gasteiger partial charge is 0.238 e. The van der Waals surface area contributed by atoms with Gasteiger partial charge >= 0.3 is 0 Å². The first-order valence-corrected chi connectivity index (χ1v) is 9.34. The van der Waals surface area contributed by atoms with Gasteiger partial charge in [-0.1, -0.05) is 44.2 Å². The van der Waals surface area contributed by atoms with Gasteiger partial charge in [-0.25, -0.2) is 4.90 Å². The molecule has 3 nitrogen and oxygen atoms in total. The lowest BCUT2D eigenvalue weighted by atomic mass is 9.63. The summed E-state index contributed by atoms with van der Waals surface area (Å²) in [7, 11) is 0. The van der Waals surface area contributed by atoms with Gasteiger partial charge < -0.3 is 0 Å². The Balaban J connectivity index is 1.63. The number of carbonyl (C=O) groups excluding carboxylic acids is 2. The van der Waals surface area contributed by atoms with Crippen molar-refractivity contribution in [3.63, 3.8) is 0 Å². The molecule has 0 aromatic heterocycles. The van der Waals surface area contributed by atoms with Crippen molar-refractivity contribution in [3.8, 4) is 0 Å². The SMILES string of the molecule is CCc1cccc(CC)c1N1C(=O)[C@@H]2[C@@H]3C=C[C@@H]([C@@H]4C[C@@H]34)[C@@H]2C1=O. The average molecular weight is 321 g/mol. The van der Waals surface area contributed by atoms with Crippen LogP contribution in [0.5, 0.6) is 0 Å². The van der Waals surface area contributed by atoms with Crippen LogP contribution in [0.4, 0.5) is 5.69 Å². The van der Waals surface area contributed by atoms with E-state index in [9.17, 15) is 9.59 Å². The largest absolute Gasteiger partial charge is 0.274 e. The van der Waals surface area contributed by atoms with Crippen molar-refractivity contribution in [1.82, 2.24) is 0 Å². The highest BCUT2D eigenvalue weighted by atomic mass is 16.2. The summed E-state index contributed by atoms with van der Waals surface area (Å²) in [5.41, 5.74) is 3.11. The Bertz CT molecular complexity index is 722. The lowest BCUT2D eigenvalue weighted by molar-refractivity contribution is -0.124. The summed E-state index contributed by atoms with van der Waals surface area (Å²) in [6.45, 7) is 4.19. The van der Waals surface area contributed by atoms with Crippen molar-refractivity contribution in [2.45, 2.75) is 33.1 Å². The molecule has 3 fully saturated rings. The first-order chi connectivity index (χ1) is 11.7. The molecule has 2 amide bonds. The summed E-state index contributed by atoms with van der Waals surface area (Å²) < 4.78 is 0. The molecule has 5 aliphatic rings. The number of amides is 2. The number of hydrogen-bond donors (Lipinski definition) is 0. The second-order valence-corrected chi connectivity index (χ2v) is 7.80. The van der Waals surface area contributed by atoms with Crippen molar-refractivity contribution in [3.05, 3.63) is 41.5 Å². The molecule has 6 atom stereocenters. The van der Waals surface area contributed by atoms with Crippen LogP contribution in [-0.2, 0) is 22.4 Å². The van der Waals surface area contributed by atoms with Gasteiger partial charge in [0.2, 0.25) is 11.8 Å². The van der Waals surface area contributed by atoms with E-state index in [2.05, 4.69) is 38.1 Å². The van der Waals surface area contributed by atoms with E-state index in [0.29, 0.717) is 23.7 Å². The Kier molecular flexibility index (Phi) is 2.89. The van der Waals surface area contributed by atoms with Crippen LogP contribution < -0.4 is 4.90 Å². The lowest BCUT2D eigenvalue weighted by Gasteiger charge is -2.37. The van der Waals surface area contributed by atoms with Gasteiger partial charge in [0, 0.05) is 0 Å². The molecule has 6 rings (SSSR count). The van der Waals surface area contributed by atoms with Crippen molar-refractivity contribution in [2.24, 2.45) is 35.5 Å². The fourth-order valence-electron chi connectivity index (χ4n) is 5.68. The van der Waals surface area contributed by atoms with Gasteiger partial charge in [0.1, 0.15) is 0 Å².